The lowest BCUT2D eigenvalue weighted by molar-refractivity contribution is -0.122. The third-order valence-electron chi connectivity index (χ3n) is 2.40. The van der Waals surface area contributed by atoms with Crippen LogP contribution in [0.3, 0.4) is 0 Å². The third kappa shape index (κ3) is 5.19. The molecule has 0 aliphatic carbocycles. The Morgan fingerprint density at radius 2 is 1.93 bits per heavy atom. The van der Waals surface area contributed by atoms with Gasteiger partial charge in [0, 0.05) is 13.1 Å². The first-order chi connectivity index (χ1) is 6.65. The van der Waals surface area contributed by atoms with Crippen LogP contribution in [0, 0.1) is 0 Å². The monoisotopic (exact) mass is 201 g/mol. The molecule has 0 rings (SSSR count). The number of hydrogen-bond acceptors (Lipinski definition) is 3. The summed E-state index contributed by atoms with van der Waals surface area (Å²) in [5.41, 5.74) is 5.57. The summed E-state index contributed by atoms with van der Waals surface area (Å²) in [5.74, 6) is -0.0420. The molecule has 0 heterocycles. The minimum absolute atomic E-state index is 0.0420. The molecule has 84 valence electrons. The van der Waals surface area contributed by atoms with Gasteiger partial charge in [0.25, 0.3) is 0 Å². The van der Waals surface area contributed by atoms with Crippen LogP contribution in [-0.4, -0.2) is 43.0 Å². The zero-order valence-corrected chi connectivity index (χ0v) is 9.55. The first-order valence-corrected chi connectivity index (χ1v) is 5.41. The zero-order chi connectivity index (χ0) is 11.0. The Kier molecular flexibility index (Phi) is 7.42. The van der Waals surface area contributed by atoms with E-state index in [1.807, 2.05) is 6.92 Å². The van der Waals surface area contributed by atoms with E-state index in [-0.39, 0.29) is 11.9 Å². The van der Waals surface area contributed by atoms with E-state index >= 15 is 0 Å². The predicted molar refractivity (Wildman–Crippen MR) is 59.1 cm³/mol. The van der Waals surface area contributed by atoms with Crippen LogP contribution < -0.4 is 11.1 Å². The highest BCUT2D eigenvalue weighted by Crippen LogP contribution is 1.87. The van der Waals surface area contributed by atoms with E-state index in [2.05, 4.69) is 24.1 Å². The minimum Gasteiger partial charge on any atom is -0.353 e. The molecular formula is C10H23N3O. The molecule has 0 aromatic carbocycles. The summed E-state index contributed by atoms with van der Waals surface area (Å²) in [7, 11) is 0. The highest BCUT2D eigenvalue weighted by molar-refractivity contribution is 5.81. The fraction of sp³-hybridized carbons (Fsp3) is 0.900. The maximum absolute atomic E-state index is 11.3. The minimum atomic E-state index is -0.355. The lowest BCUT2D eigenvalue weighted by Crippen LogP contribution is -2.43. The molecule has 4 heteroatoms. The van der Waals surface area contributed by atoms with Gasteiger partial charge in [0.1, 0.15) is 0 Å². The smallest absolute Gasteiger partial charge is 0.236 e. The van der Waals surface area contributed by atoms with Gasteiger partial charge in [-0.1, -0.05) is 20.8 Å². The standard InChI is InChI=1S/C10H23N3O/c1-4-9(11)10(14)12-7-8-13(5-2)6-3/h9H,4-8,11H2,1-3H3,(H,12,14)/t9-/m1/s1. The predicted octanol–water partition coefficient (Wildman–Crippen LogP) is 0.182. The number of carbonyl (C=O) groups is 1. The third-order valence-corrected chi connectivity index (χ3v) is 2.40. The molecule has 4 nitrogen and oxygen atoms in total. The summed E-state index contributed by atoms with van der Waals surface area (Å²) in [6, 6.07) is -0.355. The second-order valence-electron chi connectivity index (χ2n) is 3.33. The molecule has 3 N–H and O–H groups in total. The molecule has 1 amide bonds. The molecule has 0 aromatic rings. The number of nitrogens with zero attached hydrogens (tertiary/aromatic N) is 1. The second-order valence-corrected chi connectivity index (χ2v) is 3.33. The molecular weight excluding hydrogens is 178 g/mol. The number of carbonyl (C=O) groups excluding carboxylic acids is 1. The molecule has 14 heavy (non-hydrogen) atoms. The maximum atomic E-state index is 11.3. The Balaban J connectivity index is 3.57. The van der Waals surface area contributed by atoms with E-state index < -0.39 is 0 Å². The summed E-state index contributed by atoms with van der Waals surface area (Å²) in [6.45, 7) is 9.77. The lowest BCUT2D eigenvalue weighted by Gasteiger charge is -2.18. The van der Waals surface area contributed by atoms with Crippen LogP contribution in [0.4, 0.5) is 0 Å². The number of nitrogens with two attached hydrogens (primary N) is 1. The molecule has 1 atom stereocenters. The van der Waals surface area contributed by atoms with Gasteiger partial charge >= 0.3 is 0 Å². The summed E-state index contributed by atoms with van der Waals surface area (Å²) in [5, 5.41) is 2.83. The van der Waals surface area contributed by atoms with Crippen molar-refractivity contribution in [2.45, 2.75) is 33.2 Å². The Morgan fingerprint density at radius 3 is 2.36 bits per heavy atom. The van der Waals surface area contributed by atoms with Gasteiger partial charge in [-0.2, -0.15) is 0 Å². The average molecular weight is 201 g/mol. The van der Waals surface area contributed by atoms with Crippen molar-refractivity contribution < 1.29 is 4.79 Å². The van der Waals surface area contributed by atoms with E-state index in [0.29, 0.717) is 13.0 Å². The first kappa shape index (κ1) is 13.4. The molecule has 0 aliphatic heterocycles. The van der Waals surface area contributed by atoms with E-state index in [1.165, 1.54) is 0 Å². The molecule has 0 saturated carbocycles. The number of amides is 1. The van der Waals surface area contributed by atoms with E-state index in [1.54, 1.807) is 0 Å². The zero-order valence-electron chi connectivity index (χ0n) is 9.55. The first-order valence-electron chi connectivity index (χ1n) is 5.41. The van der Waals surface area contributed by atoms with Gasteiger partial charge in [-0.3, -0.25) is 4.79 Å². The Morgan fingerprint density at radius 1 is 1.36 bits per heavy atom. The van der Waals surface area contributed by atoms with Crippen molar-refractivity contribution in [3.8, 4) is 0 Å². The highest BCUT2D eigenvalue weighted by Gasteiger charge is 2.09. The van der Waals surface area contributed by atoms with Gasteiger partial charge < -0.3 is 16.0 Å². The summed E-state index contributed by atoms with van der Waals surface area (Å²) in [6.07, 6.45) is 0.692. The quantitative estimate of drug-likeness (QED) is 0.618. The number of hydrogen-bond donors (Lipinski definition) is 2. The van der Waals surface area contributed by atoms with Crippen LogP contribution in [0.1, 0.15) is 27.2 Å². The van der Waals surface area contributed by atoms with Gasteiger partial charge in [0.15, 0.2) is 0 Å². The fourth-order valence-electron chi connectivity index (χ4n) is 1.19. The molecule has 0 fully saturated rings. The molecule has 0 aromatic heterocycles. The number of rotatable bonds is 7. The van der Waals surface area contributed by atoms with Crippen molar-refractivity contribution in [1.29, 1.82) is 0 Å². The van der Waals surface area contributed by atoms with Crippen molar-refractivity contribution in [1.82, 2.24) is 10.2 Å². The SMILES string of the molecule is CC[C@@H](N)C(=O)NCCN(CC)CC. The van der Waals surface area contributed by atoms with Crippen LogP contribution in [0.5, 0.6) is 0 Å². The Bertz CT molecular complexity index is 157. The maximum Gasteiger partial charge on any atom is 0.236 e. The summed E-state index contributed by atoms with van der Waals surface area (Å²) >= 11 is 0. The van der Waals surface area contributed by atoms with Crippen LogP contribution in [0.15, 0.2) is 0 Å². The van der Waals surface area contributed by atoms with Crippen LogP contribution in [-0.2, 0) is 4.79 Å². The van der Waals surface area contributed by atoms with Crippen molar-refractivity contribution in [2.24, 2.45) is 5.73 Å². The molecule has 0 unspecified atom stereocenters. The van der Waals surface area contributed by atoms with Crippen molar-refractivity contribution >= 4 is 5.91 Å². The van der Waals surface area contributed by atoms with Gasteiger partial charge in [-0.25, -0.2) is 0 Å². The van der Waals surface area contributed by atoms with Gasteiger partial charge in [-0.05, 0) is 19.5 Å². The average Bonchev–Trinajstić information content (AvgIpc) is 2.22. The van der Waals surface area contributed by atoms with E-state index in [4.69, 9.17) is 5.73 Å². The van der Waals surface area contributed by atoms with E-state index in [9.17, 15) is 4.79 Å². The van der Waals surface area contributed by atoms with Gasteiger partial charge in [-0.15, -0.1) is 0 Å². The molecule has 0 bridgehead atoms. The Hall–Kier alpha value is -0.610. The van der Waals surface area contributed by atoms with Crippen molar-refractivity contribution in [2.75, 3.05) is 26.2 Å². The van der Waals surface area contributed by atoms with Gasteiger partial charge in [0.05, 0.1) is 6.04 Å². The normalized spacial score (nSPS) is 12.9. The van der Waals surface area contributed by atoms with Crippen LogP contribution in [0.2, 0.25) is 0 Å². The molecule has 0 saturated heterocycles. The van der Waals surface area contributed by atoms with Crippen LogP contribution >= 0.6 is 0 Å². The molecule has 0 spiro atoms. The summed E-state index contributed by atoms with van der Waals surface area (Å²) in [4.78, 5) is 13.5. The van der Waals surface area contributed by atoms with E-state index in [0.717, 1.165) is 19.6 Å². The second kappa shape index (κ2) is 7.76. The molecule has 0 radical (unpaired) electrons. The lowest BCUT2D eigenvalue weighted by atomic mass is 10.2. The summed E-state index contributed by atoms with van der Waals surface area (Å²) < 4.78 is 0. The Labute approximate surface area is 86.8 Å². The van der Waals surface area contributed by atoms with Crippen molar-refractivity contribution in [3.05, 3.63) is 0 Å². The van der Waals surface area contributed by atoms with Gasteiger partial charge in [0.2, 0.25) is 5.91 Å². The van der Waals surface area contributed by atoms with Crippen LogP contribution in [0.25, 0.3) is 0 Å². The largest absolute Gasteiger partial charge is 0.353 e. The number of nitrogens with one attached hydrogen (secondary N) is 1. The number of likely N-dealkylation sites (N-methyl/N-ethyl adjacent to an activating group) is 1. The highest BCUT2D eigenvalue weighted by atomic mass is 16.2. The molecule has 0 aliphatic rings. The topological polar surface area (TPSA) is 58.4 Å². The fourth-order valence-corrected chi connectivity index (χ4v) is 1.19. The van der Waals surface area contributed by atoms with Crippen molar-refractivity contribution in [3.63, 3.8) is 0 Å².